The maximum Gasteiger partial charge on any atom is 0.257 e. The minimum atomic E-state index is -0.458. The lowest BCUT2D eigenvalue weighted by molar-refractivity contribution is -0.115. The predicted octanol–water partition coefficient (Wildman–Crippen LogP) is 4.33. The summed E-state index contributed by atoms with van der Waals surface area (Å²) in [6, 6.07) is 13.9. The Bertz CT molecular complexity index is 987. The molecule has 0 aliphatic carbocycles. The highest BCUT2D eigenvalue weighted by molar-refractivity contribution is 6.35. The number of benzene rings is 2. The molecule has 0 bridgehead atoms. The summed E-state index contributed by atoms with van der Waals surface area (Å²) in [5, 5.41) is 9.91. The lowest BCUT2D eigenvalue weighted by atomic mass is 10.1. The number of rotatable bonds is 5. The molecule has 1 aromatic heterocycles. The number of carbonyl (C=O) groups excluding carboxylic acids is 2. The van der Waals surface area contributed by atoms with Crippen LogP contribution in [0.15, 0.2) is 53.1 Å². The van der Waals surface area contributed by atoms with Crippen LogP contribution in [0.25, 0.3) is 11.3 Å². The molecule has 1 heterocycles. The highest BCUT2D eigenvalue weighted by Gasteiger charge is 2.22. The van der Waals surface area contributed by atoms with Crippen molar-refractivity contribution in [1.29, 1.82) is 0 Å². The first-order chi connectivity index (χ1) is 13.0. The average Bonchev–Trinajstić information content (AvgIpc) is 3.05. The molecule has 3 rings (SSSR count). The third-order valence-electron chi connectivity index (χ3n) is 3.75. The van der Waals surface area contributed by atoms with E-state index in [4.69, 9.17) is 27.7 Å². The van der Waals surface area contributed by atoms with Crippen molar-refractivity contribution < 1.29 is 14.1 Å². The smallest absolute Gasteiger partial charge is 0.257 e. The van der Waals surface area contributed by atoms with Crippen LogP contribution in [0.3, 0.4) is 0 Å². The minimum Gasteiger partial charge on any atom is -0.360 e. The molecule has 3 aromatic rings. The molecule has 0 radical (unpaired) electrons. The van der Waals surface area contributed by atoms with E-state index in [9.17, 15) is 9.59 Å². The van der Waals surface area contributed by atoms with Gasteiger partial charge in [0.05, 0.1) is 17.3 Å². The van der Waals surface area contributed by atoms with Gasteiger partial charge in [0.25, 0.3) is 5.91 Å². The van der Waals surface area contributed by atoms with Crippen LogP contribution in [-0.2, 0) is 4.79 Å². The standard InChI is InChI=1S/C19H15Cl2N3O3/c1-11-17(18(24-27-11)12-5-3-2-4-6-12)19(26)22-10-16(25)23-15-9-13(20)7-8-14(15)21/h2-9H,10H2,1H3,(H,22,26)(H,23,25). The van der Waals surface area contributed by atoms with E-state index >= 15 is 0 Å². The van der Waals surface area contributed by atoms with Crippen LogP contribution in [0.1, 0.15) is 16.1 Å². The van der Waals surface area contributed by atoms with Gasteiger partial charge in [-0.1, -0.05) is 58.7 Å². The van der Waals surface area contributed by atoms with Gasteiger partial charge in [-0.15, -0.1) is 0 Å². The second kappa shape index (κ2) is 8.24. The van der Waals surface area contributed by atoms with Gasteiger partial charge in [0.15, 0.2) is 0 Å². The van der Waals surface area contributed by atoms with E-state index in [2.05, 4.69) is 15.8 Å². The van der Waals surface area contributed by atoms with Gasteiger partial charge in [0.2, 0.25) is 5.91 Å². The maximum atomic E-state index is 12.6. The Hall–Kier alpha value is -2.83. The number of halogens is 2. The fourth-order valence-electron chi connectivity index (χ4n) is 2.47. The van der Waals surface area contributed by atoms with Gasteiger partial charge < -0.3 is 15.2 Å². The van der Waals surface area contributed by atoms with Crippen molar-refractivity contribution in [1.82, 2.24) is 10.5 Å². The molecule has 2 amide bonds. The Balaban J connectivity index is 1.69. The first-order valence-electron chi connectivity index (χ1n) is 8.00. The maximum absolute atomic E-state index is 12.6. The van der Waals surface area contributed by atoms with E-state index < -0.39 is 11.8 Å². The molecule has 6 nitrogen and oxygen atoms in total. The van der Waals surface area contributed by atoms with Gasteiger partial charge in [-0.2, -0.15) is 0 Å². The molecule has 0 saturated carbocycles. The van der Waals surface area contributed by atoms with Crippen molar-refractivity contribution in [2.45, 2.75) is 6.92 Å². The van der Waals surface area contributed by atoms with Gasteiger partial charge in [0, 0.05) is 10.6 Å². The van der Waals surface area contributed by atoms with E-state index in [1.807, 2.05) is 30.3 Å². The molecule has 2 N–H and O–H groups in total. The molecule has 0 saturated heterocycles. The molecular weight excluding hydrogens is 389 g/mol. The number of nitrogens with one attached hydrogen (secondary N) is 2. The van der Waals surface area contributed by atoms with Crippen molar-refractivity contribution in [2.24, 2.45) is 0 Å². The van der Waals surface area contributed by atoms with Gasteiger partial charge in [0.1, 0.15) is 17.0 Å². The molecule has 0 spiro atoms. The minimum absolute atomic E-state index is 0.249. The number of nitrogens with zero attached hydrogens (tertiary/aromatic N) is 1. The molecule has 0 aliphatic heterocycles. The van der Waals surface area contributed by atoms with Crippen LogP contribution < -0.4 is 10.6 Å². The Morgan fingerprint density at radius 3 is 2.59 bits per heavy atom. The summed E-state index contributed by atoms with van der Waals surface area (Å²) in [7, 11) is 0. The zero-order valence-electron chi connectivity index (χ0n) is 14.3. The van der Waals surface area contributed by atoms with Gasteiger partial charge in [-0.3, -0.25) is 9.59 Å². The average molecular weight is 404 g/mol. The second-order valence-electron chi connectivity index (χ2n) is 5.68. The Morgan fingerprint density at radius 2 is 1.85 bits per heavy atom. The summed E-state index contributed by atoms with van der Waals surface area (Å²) in [5.74, 6) is -0.535. The summed E-state index contributed by atoms with van der Waals surface area (Å²) in [5.41, 5.74) is 1.82. The zero-order chi connectivity index (χ0) is 19.4. The predicted molar refractivity (Wildman–Crippen MR) is 104 cm³/mol. The van der Waals surface area contributed by atoms with E-state index in [0.717, 1.165) is 5.56 Å². The third-order valence-corrected chi connectivity index (χ3v) is 4.31. The van der Waals surface area contributed by atoms with Crippen molar-refractivity contribution in [3.05, 3.63) is 69.9 Å². The molecule has 0 fully saturated rings. The number of aromatic nitrogens is 1. The Labute approximate surface area is 165 Å². The second-order valence-corrected chi connectivity index (χ2v) is 6.53. The van der Waals surface area contributed by atoms with E-state index in [0.29, 0.717) is 27.2 Å². The normalized spacial score (nSPS) is 10.5. The molecule has 0 atom stereocenters. The number of aryl methyl sites for hydroxylation is 1. The van der Waals surface area contributed by atoms with E-state index in [-0.39, 0.29) is 12.1 Å². The summed E-state index contributed by atoms with van der Waals surface area (Å²) >= 11 is 11.9. The highest BCUT2D eigenvalue weighted by atomic mass is 35.5. The fourth-order valence-corrected chi connectivity index (χ4v) is 2.81. The van der Waals surface area contributed by atoms with Crippen LogP contribution >= 0.6 is 23.2 Å². The Morgan fingerprint density at radius 1 is 1.11 bits per heavy atom. The van der Waals surface area contributed by atoms with Crippen LogP contribution in [0.2, 0.25) is 10.0 Å². The van der Waals surface area contributed by atoms with Crippen LogP contribution in [0.4, 0.5) is 5.69 Å². The number of hydrogen-bond acceptors (Lipinski definition) is 4. The van der Waals surface area contributed by atoms with Crippen molar-refractivity contribution in [3.63, 3.8) is 0 Å². The number of hydrogen-bond donors (Lipinski definition) is 2. The molecule has 138 valence electrons. The summed E-state index contributed by atoms with van der Waals surface area (Å²) in [6.07, 6.45) is 0. The van der Waals surface area contributed by atoms with Crippen molar-refractivity contribution in [2.75, 3.05) is 11.9 Å². The Kier molecular flexibility index (Phi) is 5.78. The molecule has 8 heteroatoms. The summed E-state index contributed by atoms with van der Waals surface area (Å²) < 4.78 is 5.16. The first-order valence-corrected chi connectivity index (χ1v) is 8.76. The summed E-state index contributed by atoms with van der Waals surface area (Å²) in [6.45, 7) is 1.39. The van der Waals surface area contributed by atoms with Crippen molar-refractivity contribution in [3.8, 4) is 11.3 Å². The topological polar surface area (TPSA) is 84.2 Å². The third kappa shape index (κ3) is 4.48. The zero-order valence-corrected chi connectivity index (χ0v) is 15.8. The first kappa shape index (κ1) is 18.9. The van der Waals surface area contributed by atoms with Crippen LogP contribution in [0.5, 0.6) is 0 Å². The lowest BCUT2D eigenvalue weighted by Gasteiger charge is -2.09. The molecular formula is C19H15Cl2N3O3. The van der Waals surface area contributed by atoms with Crippen molar-refractivity contribution >= 4 is 40.7 Å². The molecule has 0 aliphatic rings. The van der Waals surface area contributed by atoms with E-state index in [1.165, 1.54) is 6.07 Å². The molecule has 27 heavy (non-hydrogen) atoms. The monoisotopic (exact) mass is 403 g/mol. The number of amides is 2. The van der Waals surface area contributed by atoms with E-state index in [1.54, 1.807) is 19.1 Å². The largest absolute Gasteiger partial charge is 0.360 e. The van der Waals surface area contributed by atoms with Gasteiger partial charge in [-0.05, 0) is 25.1 Å². The van der Waals surface area contributed by atoms with Crippen LogP contribution in [0, 0.1) is 6.92 Å². The number of anilines is 1. The van der Waals surface area contributed by atoms with Crippen LogP contribution in [-0.4, -0.2) is 23.5 Å². The van der Waals surface area contributed by atoms with Gasteiger partial charge >= 0.3 is 0 Å². The SMILES string of the molecule is Cc1onc(-c2ccccc2)c1C(=O)NCC(=O)Nc1cc(Cl)ccc1Cl. The number of carbonyl (C=O) groups is 2. The van der Waals surface area contributed by atoms with Gasteiger partial charge in [-0.25, -0.2) is 0 Å². The lowest BCUT2D eigenvalue weighted by Crippen LogP contribution is -2.33. The summed E-state index contributed by atoms with van der Waals surface area (Å²) in [4.78, 5) is 24.7. The quantitative estimate of drug-likeness (QED) is 0.663. The fraction of sp³-hybridized carbons (Fsp3) is 0.105. The highest BCUT2D eigenvalue weighted by Crippen LogP contribution is 2.26. The molecule has 2 aromatic carbocycles. The molecule has 0 unspecified atom stereocenters.